The molecule has 1 amide bonds. The first-order chi connectivity index (χ1) is 21.5. The molecule has 216 valence electrons. The van der Waals surface area contributed by atoms with Gasteiger partial charge in [0.25, 0.3) is 0 Å². The SMILES string of the molecule is Cc1ccc(C(=O)[C@@H]2CC(c3ccccc3)=C(c3ccccc3)C[C@@]23C(=O)N(Cc2ccccc2)c2ccc(Cl)cc23)cc1. The number of nitrogens with zero attached hydrogens (tertiary/aromatic N) is 1. The highest BCUT2D eigenvalue weighted by molar-refractivity contribution is 6.31. The van der Waals surface area contributed by atoms with Crippen LogP contribution in [0.5, 0.6) is 0 Å². The van der Waals surface area contributed by atoms with Crippen molar-refractivity contribution in [3.63, 3.8) is 0 Å². The topological polar surface area (TPSA) is 37.4 Å². The van der Waals surface area contributed by atoms with Gasteiger partial charge in [0.05, 0.1) is 12.0 Å². The molecule has 0 bridgehead atoms. The Morgan fingerprint density at radius 3 is 2.00 bits per heavy atom. The summed E-state index contributed by atoms with van der Waals surface area (Å²) in [6, 6.07) is 44.0. The van der Waals surface area contributed by atoms with Crippen molar-refractivity contribution in [1.82, 2.24) is 0 Å². The lowest BCUT2D eigenvalue weighted by Gasteiger charge is -2.42. The highest BCUT2D eigenvalue weighted by Gasteiger charge is 2.59. The summed E-state index contributed by atoms with van der Waals surface area (Å²) >= 11 is 6.69. The third kappa shape index (κ3) is 4.78. The van der Waals surface area contributed by atoms with E-state index in [4.69, 9.17) is 11.6 Å². The van der Waals surface area contributed by atoms with Crippen LogP contribution >= 0.6 is 11.6 Å². The van der Waals surface area contributed by atoms with E-state index in [9.17, 15) is 4.79 Å². The van der Waals surface area contributed by atoms with Crippen LogP contribution < -0.4 is 4.90 Å². The van der Waals surface area contributed by atoms with Crippen molar-refractivity contribution in [3.05, 3.63) is 172 Å². The molecule has 0 saturated carbocycles. The van der Waals surface area contributed by atoms with E-state index >= 15 is 4.79 Å². The average Bonchev–Trinajstić information content (AvgIpc) is 3.28. The maximum absolute atomic E-state index is 15.2. The number of halogens is 1. The maximum atomic E-state index is 15.2. The first kappa shape index (κ1) is 28.1. The lowest BCUT2D eigenvalue weighted by molar-refractivity contribution is -0.124. The Morgan fingerprint density at radius 1 is 0.773 bits per heavy atom. The number of aryl methyl sites for hydroxylation is 1. The lowest BCUT2D eigenvalue weighted by Crippen LogP contribution is -2.50. The van der Waals surface area contributed by atoms with E-state index in [-0.39, 0.29) is 11.7 Å². The van der Waals surface area contributed by atoms with Crippen LogP contribution in [0.3, 0.4) is 0 Å². The van der Waals surface area contributed by atoms with E-state index in [1.807, 2.05) is 121 Å². The fourth-order valence-corrected chi connectivity index (χ4v) is 7.26. The van der Waals surface area contributed by atoms with Crippen LogP contribution in [-0.4, -0.2) is 11.7 Å². The number of hydrogen-bond donors (Lipinski definition) is 0. The molecule has 0 unspecified atom stereocenters. The van der Waals surface area contributed by atoms with Crippen molar-refractivity contribution in [3.8, 4) is 0 Å². The van der Waals surface area contributed by atoms with Crippen LogP contribution in [0.2, 0.25) is 5.02 Å². The molecule has 44 heavy (non-hydrogen) atoms. The zero-order valence-electron chi connectivity index (χ0n) is 24.5. The zero-order chi connectivity index (χ0) is 30.3. The van der Waals surface area contributed by atoms with Crippen molar-refractivity contribution in [2.24, 2.45) is 5.92 Å². The highest BCUT2D eigenvalue weighted by atomic mass is 35.5. The third-order valence-electron chi connectivity index (χ3n) is 9.26. The fraction of sp³-hybridized carbons (Fsp3) is 0.150. The summed E-state index contributed by atoms with van der Waals surface area (Å²) < 4.78 is 0. The van der Waals surface area contributed by atoms with Gasteiger partial charge in [0.2, 0.25) is 5.91 Å². The number of benzene rings is 5. The van der Waals surface area contributed by atoms with Gasteiger partial charge in [-0.3, -0.25) is 9.59 Å². The zero-order valence-corrected chi connectivity index (χ0v) is 25.3. The Labute approximate surface area is 263 Å². The van der Waals surface area contributed by atoms with Crippen LogP contribution in [0.1, 0.15) is 51.0 Å². The van der Waals surface area contributed by atoms with Gasteiger partial charge in [-0.05, 0) is 71.4 Å². The summed E-state index contributed by atoms with van der Waals surface area (Å²) in [4.78, 5) is 31.8. The van der Waals surface area contributed by atoms with Crippen molar-refractivity contribution in [2.75, 3.05) is 4.90 Å². The van der Waals surface area contributed by atoms with E-state index in [2.05, 4.69) is 24.3 Å². The second kappa shape index (κ2) is 11.4. The number of carbonyl (C=O) groups excluding carboxylic acids is 2. The molecule has 0 aromatic heterocycles. The molecule has 0 saturated heterocycles. The average molecular weight is 594 g/mol. The van der Waals surface area contributed by atoms with Gasteiger partial charge in [0.1, 0.15) is 0 Å². The summed E-state index contributed by atoms with van der Waals surface area (Å²) in [5.74, 6) is -0.700. The quantitative estimate of drug-likeness (QED) is 0.184. The molecule has 1 heterocycles. The first-order valence-electron chi connectivity index (χ1n) is 15.1. The van der Waals surface area contributed by atoms with E-state index in [1.54, 1.807) is 0 Å². The number of ketones is 1. The maximum Gasteiger partial charge on any atom is 0.239 e. The number of carbonyl (C=O) groups is 2. The third-order valence-corrected chi connectivity index (χ3v) is 9.50. The molecule has 2 atom stereocenters. The first-order valence-corrected chi connectivity index (χ1v) is 15.4. The molecule has 1 aliphatic carbocycles. The van der Waals surface area contributed by atoms with Gasteiger partial charge in [0, 0.05) is 22.2 Å². The van der Waals surface area contributed by atoms with Gasteiger partial charge >= 0.3 is 0 Å². The van der Waals surface area contributed by atoms with Gasteiger partial charge in [0.15, 0.2) is 5.78 Å². The van der Waals surface area contributed by atoms with Crippen LogP contribution in [0, 0.1) is 12.8 Å². The summed E-state index contributed by atoms with van der Waals surface area (Å²) in [6.45, 7) is 2.43. The van der Waals surface area contributed by atoms with Gasteiger partial charge in [-0.15, -0.1) is 0 Å². The number of anilines is 1. The Balaban J connectivity index is 1.48. The molecule has 4 heteroatoms. The number of rotatable bonds is 6. The molecule has 3 nitrogen and oxygen atoms in total. The van der Waals surface area contributed by atoms with Crippen LogP contribution in [0.15, 0.2) is 133 Å². The van der Waals surface area contributed by atoms with E-state index in [1.165, 1.54) is 0 Å². The molecule has 5 aromatic rings. The minimum absolute atomic E-state index is 0.0219. The molecule has 1 spiro atoms. The second-order valence-corrected chi connectivity index (χ2v) is 12.3. The second-order valence-electron chi connectivity index (χ2n) is 11.9. The molecule has 0 N–H and O–H groups in total. The number of fused-ring (bicyclic) bond motifs is 2. The minimum Gasteiger partial charge on any atom is -0.307 e. The Bertz CT molecular complexity index is 1880. The number of allylic oxidation sites excluding steroid dienone is 2. The van der Waals surface area contributed by atoms with Crippen LogP contribution in [0.25, 0.3) is 11.1 Å². The molecule has 0 fully saturated rings. The Morgan fingerprint density at radius 2 is 1.36 bits per heavy atom. The Kier molecular flexibility index (Phi) is 7.27. The minimum atomic E-state index is -1.12. The number of hydrogen-bond acceptors (Lipinski definition) is 2. The smallest absolute Gasteiger partial charge is 0.239 e. The number of Topliss-reactive ketones (excluding diaryl/α,β-unsaturated/α-hetero) is 1. The monoisotopic (exact) mass is 593 g/mol. The van der Waals surface area contributed by atoms with E-state index < -0.39 is 11.3 Å². The highest BCUT2D eigenvalue weighted by Crippen LogP contribution is 2.58. The predicted octanol–water partition coefficient (Wildman–Crippen LogP) is 9.34. The molecular formula is C40H32ClNO2. The summed E-state index contributed by atoms with van der Waals surface area (Å²) in [6.07, 6.45) is 0.818. The van der Waals surface area contributed by atoms with E-state index in [0.29, 0.717) is 30.0 Å². The van der Waals surface area contributed by atoms with Gasteiger partial charge in [-0.1, -0.05) is 132 Å². The lowest BCUT2D eigenvalue weighted by atomic mass is 9.58. The van der Waals surface area contributed by atoms with Gasteiger partial charge < -0.3 is 4.90 Å². The molecule has 7 rings (SSSR count). The number of amides is 1. The summed E-state index contributed by atoms with van der Waals surface area (Å²) in [7, 11) is 0. The molecule has 1 aliphatic heterocycles. The van der Waals surface area contributed by atoms with Crippen molar-refractivity contribution in [1.29, 1.82) is 0 Å². The molecule has 5 aromatic carbocycles. The van der Waals surface area contributed by atoms with Crippen LogP contribution in [-0.2, 0) is 16.8 Å². The molecule has 0 radical (unpaired) electrons. The molecule has 2 aliphatic rings. The standard InChI is InChI=1S/C40H32ClNO2/c1-27-17-19-31(20-18-27)38(43)36-24-33(29-13-7-3-8-14-29)34(30-15-9-4-10-16-30)25-40(36)35-23-32(41)21-22-37(35)42(39(40)44)26-28-11-5-2-6-12-28/h2-23,36H,24-26H2,1H3/t36-,40-/m0/s1. The van der Waals surface area contributed by atoms with Gasteiger partial charge in [-0.25, -0.2) is 0 Å². The fourth-order valence-electron chi connectivity index (χ4n) is 7.09. The van der Waals surface area contributed by atoms with Crippen molar-refractivity contribution < 1.29 is 9.59 Å². The van der Waals surface area contributed by atoms with Crippen molar-refractivity contribution in [2.45, 2.75) is 31.7 Å². The predicted molar refractivity (Wildman–Crippen MR) is 179 cm³/mol. The largest absolute Gasteiger partial charge is 0.307 e. The van der Waals surface area contributed by atoms with Gasteiger partial charge in [-0.2, -0.15) is 0 Å². The summed E-state index contributed by atoms with van der Waals surface area (Å²) in [5.41, 5.74) is 7.58. The van der Waals surface area contributed by atoms with Crippen molar-refractivity contribution >= 4 is 40.1 Å². The molecular weight excluding hydrogens is 562 g/mol. The Hall–Kier alpha value is -4.73. The normalized spacial score (nSPS) is 19.4. The van der Waals surface area contributed by atoms with E-state index in [0.717, 1.165) is 44.7 Å². The summed E-state index contributed by atoms with van der Waals surface area (Å²) in [5, 5.41) is 0.554. The van der Waals surface area contributed by atoms with Crippen LogP contribution in [0.4, 0.5) is 5.69 Å².